The molecule has 0 fully saturated rings. The monoisotopic (exact) mass is 412 g/mol. The maximum absolute atomic E-state index is 12.8. The summed E-state index contributed by atoms with van der Waals surface area (Å²) in [6.07, 6.45) is 0. The maximum Gasteiger partial charge on any atom is 0.262 e. The van der Waals surface area contributed by atoms with Gasteiger partial charge in [-0.15, -0.1) is 0 Å². The minimum absolute atomic E-state index is 0.307. The van der Waals surface area contributed by atoms with E-state index in [0.29, 0.717) is 28.1 Å². The Kier molecular flexibility index (Phi) is 5.02. The largest absolute Gasteiger partial charge is 0.497 e. The molecule has 0 saturated carbocycles. The van der Waals surface area contributed by atoms with E-state index in [0.717, 1.165) is 21.5 Å². The van der Waals surface area contributed by atoms with Crippen molar-refractivity contribution in [1.82, 2.24) is 14.8 Å². The van der Waals surface area contributed by atoms with E-state index in [2.05, 4.69) is 15.4 Å². The first-order chi connectivity index (χ1) is 13.5. The lowest BCUT2D eigenvalue weighted by molar-refractivity contribution is 0.102. The molecule has 0 aliphatic rings. The zero-order valence-electron chi connectivity index (χ0n) is 15.3. The number of anilines is 1. The zero-order chi connectivity index (χ0) is 19.7. The lowest BCUT2D eigenvalue weighted by atomic mass is 10.2. The van der Waals surface area contributed by atoms with Gasteiger partial charge in [0.05, 0.1) is 35.1 Å². The summed E-state index contributed by atoms with van der Waals surface area (Å²) in [7, 11) is 1.61. The number of hydrogen-bond acceptors (Lipinski definition) is 5. The Morgan fingerprint density at radius 1 is 1.25 bits per heavy atom. The third-order valence-electron chi connectivity index (χ3n) is 4.28. The van der Waals surface area contributed by atoms with Crippen molar-refractivity contribution in [3.8, 4) is 5.75 Å². The lowest BCUT2D eigenvalue weighted by Crippen LogP contribution is -2.13. The Hall–Kier alpha value is -2.90. The third-order valence-corrected chi connectivity index (χ3v) is 5.60. The van der Waals surface area contributed by atoms with Crippen molar-refractivity contribution < 1.29 is 9.53 Å². The molecule has 1 amide bonds. The summed E-state index contributed by atoms with van der Waals surface area (Å²) < 4.78 is 7.79. The van der Waals surface area contributed by atoms with Gasteiger partial charge in [0.25, 0.3) is 5.91 Å². The van der Waals surface area contributed by atoms with E-state index in [4.69, 9.17) is 16.3 Å². The highest BCUT2D eigenvalue weighted by molar-refractivity contribution is 7.22. The molecule has 1 N–H and O–H groups in total. The van der Waals surface area contributed by atoms with Crippen LogP contribution in [0.2, 0.25) is 5.15 Å². The molecule has 6 nitrogen and oxygen atoms in total. The van der Waals surface area contributed by atoms with Gasteiger partial charge in [0.1, 0.15) is 10.9 Å². The average molecular weight is 413 g/mol. The predicted molar refractivity (Wildman–Crippen MR) is 112 cm³/mol. The number of ether oxygens (including phenoxy) is 1. The van der Waals surface area contributed by atoms with Crippen LogP contribution in [0.25, 0.3) is 10.2 Å². The summed E-state index contributed by atoms with van der Waals surface area (Å²) >= 11 is 7.84. The van der Waals surface area contributed by atoms with Crippen LogP contribution < -0.4 is 10.1 Å². The summed E-state index contributed by atoms with van der Waals surface area (Å²) in [5, 5.41) is 8.06. The molecule has 0 unspecified atom stereocenters. The van der Waals surface area contributed by atoms with Crippen LogP contribution in [0.15, 0.2) is 48.5 Å². The van der Waals surface area contributed by atoms with Gasteiger partial charge < -0.3 is 4.74 Å². The summed E-state index contributed by atoms with van der Waals surface area (Å²) in [4.78, 5) is 17.3. The second-order valence-electron chi connectivity index (χ2n) is 6.20. The van der Waals surface area contributed by atoms with E-state index in [-0.39, 0.29) is 5.91 Å². The van der Waals surface area contributed by atoms with Gasteiger partial charge in [0, 0.05) is 0 Å². The number of nitrogens with zero attached hydrogens (tertiary/aromatic N) is 3. The minimum Gasteiger partial charge on any atom is -0.497 e. The second kappa shape index (κ2) is 7.61. The summed E-state index contributed by atoms with van der Waals surface area (Å²) in [5.41, 5.74) is 2.78. The van der Waals surface area contributed by atoms with Gasteiger partial charge in [0.15, 0.2) is 5.13 Å². The number of aromatic nitrogens is 3. The number of amides is 1. The zero-order valence-corrected chi connectivity index (χ0v) is 16.8. The fraction of sp³-hybridized carbons (Fsp3) is 0.150. The molecule has 2 heterocycles. The molecule has 0 aliphatic carbocycles. The molecule has 2 aromatic carbocycles. The van der Waals surface area contributed by atoms with Crippen molar-refractivity contribution in [3.63, 3.8) is 0 Å². The van der Waals surface area contributed by atoms with Crippen molar-refractivity contribution in [1.29, 1.82) is 0 Å². The van der Waals surface area contributed by atoms with Gasteiger partial charge in [-0.3, -0.25) is 10.1 Å². The second-order valence-corrected chi connectivity index (χ2v) is 7.59. The van der Waals surface area contributed by atoms with Crippen LogP contribution in [-0.4, -0.2) is 27.8 Å². The SMILES string of the molecule is COc1ccc2nc(NC(=O)c3c(C)nn(Cc4ccccc4)c3Cl)sc2c1. The molecule has 2 aromatic heterocycles. The topological polar surface area (TPSA) is 69.0 Å². The molecule has 0 atom stereocenters. The number of aryl methyl sites for hydroxylation is 1. The number of carbonyl (C=O) groups is 1. The van der Waals surface area contributed by atoms with Crippen molar-refractivity contribution in [2.75, 3.05) is 12.4 Å². The highest BCUT2D eigenvalue weighted by Gasteiger charge is 2.21. The van der Waals surface area contributed by atoms with E-state index >= 15 is 0 Å². The Labute approximate surface area is 170 Å². The first-order valence-corrected chi connectivity index (χ1v) is 9.77. The summed E-state index contributed by atoms with van der Waals surface area (Å²) in [6.45, 7) is 2.26. The molecular weight excluding hydrogens is 396 g/mol. The predicted octanol–water partition coefficient (Wildman–Crippen LogP) is 4.76. The summed E-state index contributed by atoms with van der Waals surface area (Å²) in [5.74, 6) is 0.419. The number of methoxy groups -OCH3 is 1. The Balaban J connectivity index is 1.58. The van der Waals surface area contributed by atoms with Crippen molar-refractivity contribution in [2.24, 2.45) is 0 Å². The molecule has 4 aromatic rings. The molecule has 0 saturated heterocycles. The fourth-order valence-electron chi connectivity index (χ4n) is 2.92. The average Bonchev–Trinajstić information content (AvgIpc) is 3.21. The first kappa shape index (κ1) is 18.5. The van der Waals surface area contributed by atoms with Crippen LogP contribution in [0.4, 0.5) is 5.13 Å². The van der Waals surface area contributed by atoms with Crippen LogP contribution in [0, 0.1) is 6.92 Å². The number of benzene rings is 2. The molecular formula is C20H17ClN4O2S. The quantitative estimate of drug-likeness (QED) is 0.513. The highest BCUT2D eigenvalue weighted by Crippen LogP contribution is 2.30. The number of fused-ring (bicyclic) bond motifs is 1. The Morgan fingerprint density at radius 2 is 2.04 bits per heavy atom. The molecule has 0 bridgehead atoms. The molecule has 8 heteroatoms. The van der Waals surface area contributed by atoms with Crippen LogP contribution >= 0.6 is 22.9 Å². The molecule has 0 spiro atoms. The first-order valence-electron chi connectivity index (χ1n) is 8.58. The van der Waals surface area contributed by atoms with E-state index in [1.54, 1.807) is 18.7 Å². The molecule has 4 rings (SSSR count). The maximum atomic E-state index is 12.8. The van der Waals surface area contributed by atoms with E-state index in [1.807, 2.05) is 48.5 Å². The normalized spacial score (nSPS) is 11.0. The number of rotatable bonds is 5. The number of halogens is 1. The van der Waals surface area contributed by atoms with Gasteiger partial charge >= 0.3 is 0 Å². The standard InChI is InChI=1S/C20H17ClN4O2S/c1-12-17(18(21)25(24-12)11-13-6-4-3-5-7-13)19(26)23-20-22-15-9-8-14(27-2)10-16(15)28-20/h3-10H,11H2,1-2H3,(H,22,23,26). The third kappa shape index (κ3) is 3.58. The molecule has 0 radical (unpaired) electrons. The fourth-order valence-corrected chi connectivity index (χ4v) is 4.13. The Morgan fingerprint density at radius 3 is 2.79 bits per heavy atom. The van der Waals surface area contributed by atoms with Gasteiger partial charge in [-0.1, -0.05) is 53.3 Å². The number of thiazole rings is 1. The van der Waals surface area contributed by atoms with Gasteiger partial charge in [-0.2, -0.15) is 5.10 Å². The minimum atomic E-state index is -0.326. The number of hydrogen-bond donors (Lipinski definition) is 1. The Bertz CT molecular complexity index is 1150. The molecule has 0 aliphatic heterocycles. The van der Waals surface area contributed by atoms with Crippen LogP contribution in [0.1, 0.15) is 21.6 Å². The van der Waals surface area contributed by atoms with Crippen molar-refractivity contribution in [2.45, 2.75) is 13.5 Å². The van der Waals surface area contributed by atoms with Gasteiger partial charge in [-0.05, 0) is 30.7 Å². The highest BCUT2D eigenvalue weighted by atomic mass is 35.5. The van der Waals surface area contributed by atoms with E-state index in [1.165, 1.54) is 11.3 Å². The van der Waals surface area contributed by atoms with Gasteiger partial charge in [0.2, 0.25) is 0 Å². The van der Waals surface area contributed by atoms with Crippen LogP contribution in [0.5, 0.6) is 5.75 Å². The van der Waals surface area contributed by atoms with Gasteiger partial charge in [-0.25, -0.2) is 9.67 Å². The molecule has 142 valence electrons. The van der Waals surface area contributed by atoms with Crippen LogP contribution in [-0.2, 0) is 6.54 Å². The van der Waals surface area contributed by atoms with E-state index < -0.39 is 0 Å². The van der Waals surface area contributed by atoms with E-state index in [9.17, 15) is 4.79 Å². The smallest absolute Gasteiger partial charge is 0.262 e. The van der Waals surface area contributed by atoms with Crippen molar-refractivity contribution in [3.05, 3.63) is 70.5 Å². The lowest BCUT2D eigenvalue weighted by Gasteiger charge is -2.04. The molecule has 28 heavy (non-hydrogen) atoms. The number of nitrogens with one attached hydrogen (secondary N) is 1. The number of carbonyl (C=O) groups excluding carboxylic acids is 1. The van der Waals surface area contributed by atoms with Crippen molar-refractivity contribution >= 4 is 44.2 Å². The van der Waals surface area contributed by atoms with Crippen LogP contribution in [0.3, 0.4) is 0 Å². The summed E-state index contributed by atoms with van der Waals surface area (Å²) in [6, 6.07) is 15.4.